The minimum absolute atomic E-state index is 0.0246. The summed E-state index contributed by atoms with van der Waals surface area (Å²) in [5.74, 6) is 1.04. The molecule has 67 valence electrons. The van der Waals surface area contributed by atoms with Crippen LogP contribution in [0.4, 0.5) is 0 Å². The van der Waals surface area contributed by atoms with Crippen molar-refractivity contribution in [1.82, 2.24) is 0 Å². The molecule has 0 aromatic carbocycles. The molecule has 1 unspecified atom stereocenters. The van der Waals surface area contributed by atoms with Crippen molar-refractivity contribution in [2.24, 2.45) is 5.92 Å². The summed E-state index contributed by atoms with van der Waals surface area (Å²) in [6.07, 6.45) is 5.68. The van der Waals surface area contributed by atoms with Crippen LogP contribution in [0.1, 0.15) is 39.5 Å². The summed E-state index contributed by atoms with van der Waals surface area (Å²) in [5, 5.41) is 0. The Morgan fingerprint density at radius 1 is 1.18 bits per heavy atom. The summed E-state index contributed by atoms with van der Waals surface area (Å²) in [7, 11) is 0.0246. The average Bonchev–Trinajstić information content (AvgIpc) is 1.97. The summed E-state index contributed by atoms with van der Waals surface area (Å²) in [6.45, 7) is 9.49. The zero-order valence-electron chi connectivity index (χ0n) is 8.61. The number of unbranched alkanes of at least 4 members (excludes halogenated alkanes) is 1. The van der Waals surface area contributed by atoms with Gasteiger partial charge in [0.1, 0.15) is 0 Å². The Hall–Kier alpha value is 0.217. The van der Waals surface area contributed by atoms with Crippen LogP contribution in [0, 0.1) is 5.92 Å². The highest BCUT2D eigenvalue weighted by Gasteiger charge is 2.08. The maximum atomic E-state index is 2.43. The van der Waals surface area contributed by atoms with Crippen molar-refractivity contribution in [3.8, 4) is 0 Å². The topological polar surface area (TPSA) is 0 Å². The summed E-state index contributed by atoms with van der Waals surface area (Å²) in [6, 6.07) is 1.53. The van der Waals surface area contributed by atoms with E-state index in [1.54, 1.807) is 0 Å². The molecule has 0 aliphatic heterocycles. The lowest BCUT2D eigenvalue weighted by molar-refractivity contribution is 0.488. The SMILES string of the molecule is CCCCC(CC)C[Si](C)C. The van der Waals surface area contributed by atoms with E-state index in [0.29, 0.717) is 0 Å². The zero-order valence-corrected chi connectivity index (χ0v) is 9.61. The van der Waals surface area contributed by atoms with E-state index in [4.69, 9.17) is 0 Å². The van der Waals surface area contributed by atoms with E-state index in [0.717, 1.165) is 5.92 Å². The Labute approximate surface area is 74.0 Å². The minimum Gasteiger partial charge on any atom is -0.0713 e. The van der Waals surface area contributed by atoms with E-state index in [9.17, 15) is 0 Å². The maximum absolute atomic E-state index is 2.43. The highest BCUT2D eigenvalue weighted by Crippen LogP contribution is 2.18. The zero-order chi connectivity index (χ0) is 8.69. The molecule has 0 rings (SSSR count). The number of hydrogen-bond donors (Lipinski definition) is 0. The van der Waals surface area contributed by atoms with Crippen LogP contribution in [-0.4, -0.2) is 8.80 Å². The van der Waals surface area contributed by atoms with Gasteiger partial charge in [0.05, 0.1) is 0 Å². The van der Waals surface area contributed by atoms with E-state index in [1.165, 1.54) is 31.7 Å². The van der Waals surface area contributed by atoms with Gasteiger partial charge in [-0.15, -0.1) is 0 Å². The molecule has 0 N–H and O–H groups in total. The van der Waals surface area contributed by atoms with E-state index < -0.39 is 0 Å². The van der Waals surface area contributed by atoms with Gasteiger partial charge in [-0.1, -0.05) is 58.7 Å². The normalized spacial score (nSPS) is 13.9. The quantitative estimate of drug-likeness (QED) is 0.531. The smallest absolute Gasteiger partial charge is 0.0415 e. The molecule has 0 fully saturated rings. The van der Waals surface area contributed by atoms with Crippen LogP contribution in [-0.2, 0) is 0 Å². The van der Waals surface area contributed by atoms with Crippen LogP contribution < -0.4 is 0 Å². The molecule has 0 aliphatic carbocycles. The fourth-order valence-electron chi connectivity index (χ4n) is 1.52. The second kappa shape index (κ2) is 6.90. The molecule has 1 heteroatoms. The van der Waals surface area contributed by atoms with Crippen molar-refractivity contribution in [2.45, 2.75) is 58.7 Å². The van der Waals surface area contributed by atoms with Gasteiger partial charge in [-0.2, -0.15) is 0 Å². The summed E-state index contributed by atoms with van der Waals surface area (Å²) in [4.78, 5) is 0. The molecule has 0 aliphatic rings. The monoisotopic (exact) mass is 171 g/mol. The van der Waals surface area contributed by atoms with Crippen LogP contribution in [0.15, 0.2) is 0 Å². The minimum atomic E-state index is 0.0246. The van der Waals surface area contributed by atoms with Gasteiger partial charge < -0.3 is 0 Å². The molecule has 1 radical (unpaired) electrons. The summed E-state index contributed by atoms with van der Waals surface area (Å²) >= 11 is 0. The molecule has 0 bridgehead atoms. The number of rotatable bonds is 6. The molecule has 0 saturated heterocycles. The molecule has 11 heavy (non-hydrogen) atoms. The standard InChI is InChI=1S/C10H23Si/c1-5-7-8-10(6-2)9-11(3)4/h10H,5-9H2,1-4H3. The Morgan fingerprint density at radius 2 is 1.82 bits per heavy atom. The third kappa shape index (κ3) is 6.61. The van der Waals surface area contributed by atoms with Gasteiger partial charge in [-0.05, 0) is 5.92 Å². The van der Waals surface area contributed by atoms with E-state index in [1.807, 2.05) is 0 Å². The molecule has 0 aromatic rings. The van der Waals surface area contributed by atoms with Gasteiger partial charge in [0.25, 0.3) is 0 Å². The largest absolute Gasteiger partial charge is 0.0713 e. The van der Waals surface area contributed by atoms with Crippen LogP contribution >= 0.6 is 0 Å². The first kappa shape index (κ1) is 11.2. The Morgan fingerprint density at radius 3 is 2.18 bits per heavy atom. The molecule has 0 saturated carbocycles. The van der Waals surface area contributed by atoms with Crippen molar-refractivity contribution in [1.29, 1.82) is 0 Å². The second-order valence-corrected chi connectivity index (χ2v) is 6.65. The lowest BCUT2D eigenvalue weighted by Gasteiger charge is -2.15. The first-order chi connectivity index (χ1) is 5.20. The van der Waals surface area contributed by atoms with Crippen LogP contribution in [0.5, 0.6) is 0 Å². The Bertz CT molecular complexity index is 78.9. The Balaban J connectivity index is 3.41. The van der Waals surface area contributed by atoms with Crippen molar-refractivity contribution in [2.75, 3.05) is 0 Å². The predicted octanol–water partition coefficient (Wildman–Crippen LogP) is 3.96. The van der Waals surface area contributed by atoms with Crippen molar-refractivity contribution >= 4 is 8.80 Å². The van der Waals surface area contributed by atoms with E-state index >= 15 is 0 Å². The first-order valence-corrected chi connectivity index (χ1v) is 7.70. The third-order valence-corrected chi connectivity index (χ3v) is 3.63. The molecule has 0 nitrogen and oxygen atoms in total. The second-order valence-electron chi connectivity index (χ2n) is 3.83. The predicted molar refractivity (Wildman–Crippen MR) is 55.6 cm³/mol. The summed E-state index contributed by atoms with van der Waals surface area (Å²) < 4.78 is 0. The van der Waals surface area contributed by atoms with Gasteiger partial charge in [0, 0.05) is 8.80 Å². The van der Waals surface area contributed by atoms with E-state index in [2.05, 4.69) is 26.9 Å². The highest BCUT2D eigenvalue weighted by molar-refractivity contribution is 6.55. The molecule has 1 atom stereocenters. The summed E-state index contributed by atoms with van der Waals surface area (Å²) in [5.41, 5.74) is 0. The first-order valence-electron chi connectivity index (χ1n) is 4.99. The molecular weight excluding hydrogens is 148 g/mol. The van der Waals surface area contributed by atoms with Crippen molar-refractivity contribution in [3.63, 3.8) is 0 Å². The van der Waals surface area contributed by atoms with Crippen LogP contribution in [0.25, 0.3) is 0 Å². The fraction of sp³-hybridized carbons (Fsp3) is 1.00. The van der Waals surface area contributed by atoms with Crippen LogP contribution in [0.3, 0.4) is 0 Å². The molecular formula is C10H23Si. The van der Waals surface area contributed by atoms with Crippen LogP contribution in [0.2, 0.25) is 19.1 Å². The highest BCUT2D eigenvalue weighted by atomic mass is 28.3. The lowest BCUT2D eigenvalue weighted by atomic mass is 10.0. The van der Waals surface area contributed by atoms with Gasteiger partial charge in [-0.25, -0.2) is 0 Å². The number of hydrogen-bond acceptors (Lipinski definition) is 0. The Kier molecular flexibility index (Phi) is 7.03. The van der Waals surface area contributed by atoms with Gasteiger partial charge in [-0.3, -0.25) is 0 Å². The maximum Gasteiger partial charge on any atom is 0.0415 e. The molecule has 0 heterocycles. The van der Waals surface area contributed by atoms with Gasteiger partial charge in [0.2, 0.25) is 0 Å². The third-order valence-electron chi connectivity index (χ3n) is 2.24. The lowest BCUT2D eigenvalue weighted by Crippen LogP contribution is -2.08. The molecule has 0 aromatic heterocycles. The van der Waals surface area contributed by atoms with Crippen molar-refractivity contribution in [3.05, 3.63) is 0 Å². The molecule has 0 amide bonds. The van der Waals surface area contributed by atoms with Gasteiger partial charge >= 0.3 is 0 Å². The fourth-order valence-corrected chi connectivity index (χ4v) is 3.17. The van der Waals surface area contributed by atoms with Crippen molar-refractivity contribution < 1.29 is 0 Å². The average molecular weight is 171 g/mol. The van der Waals surface area contributed by atoms with E-state index in [-0.39, 0.29) is 8.80 Å². The van der Waals surface area contributed by atoms with Gasteiger partial charge in [0.15, 0.2) is 0 Å². The molecule has 0 spiro atoms.